The number of rotatable bonds is 0. The van der Waals surface area contributed by atoms with Crippen molar-refractivity contribution >= 4 is 0 Å². The van der Waals surface area contributed by atoms with Crippen molar-refractivity contribution < 1.29 is 0 Å². The van der Waals surface area contributed by atoms with Crippen molar-refractivity contribution in [2.45, 2.75) is 102 Å². The third-order valence-electron chi connectivity index (χ3n) is 9.46. The largest absolute Gasteiger partial charge is 0.0802 e. The standard InChI is InChI=1S/C21H26.C12H18/c1-10-12(3)16(7)20-18(14(10)5)9-19-15(6)11(2)13(4)17(8)21(19)20;1-12(2,3)11-8-7-9-5-4-6-10(9)11/h9H2,1-8H3;4,6,11H,5,7-8H2,1-3H3. The predicted octanol–water partition coefficient (Wildman–Crippen LogP) is 9.42. The van der Waals surface area contributed by atoms with E-state index in [1.807, 2.05) is 0 Å². The normalized spacial score (nSPS) is 18.3. The highest BCUT2D eigenvalue weighted by atomic mass is 14.4. The molecule has 0 nitrogen and oxygen atoms in total. The molecule has 0 saturated heterocycles. The summed E-state index contributed by atoms with van der Waals surface area (Å²) in [6.07, 6.45) is 9.78. The van der Waals surface area contributed by atoms with Crippen LogP contribution < -0.4 is 0 Å². The summed E-state index contributed by atoms with van der Waals surface area (Å²) in [7, 11) is 0. The van der Waals surface area contributed by atoms with Crippen LogP contribution in [0.1, 0.15) is 95.7 Å². The topological polar surface area (TPSA) is 0 Å². The zero-order chi connectivity index (χ0) is 24.4. The summed E-state index contributed by atoms with van der Waals surface area (Å²) in [5.74, 6) is 0.825. The van der Waals surface area contributed by atoms with E-state index in [4.69, 9.17) is 0 Å². The fourth-order valence-corrected chi connectivity index (χ4v) is 6.62. The molecular formula is C33H44. The number of allylic oxidation sites excluding steroid dienone is 4. The number of hydrogen-bond donors (Lipinski definition) is 0. The molecule has 2 aromatic carbocycles. The SMILES string of the molecule is CC(C)(C)C1CCC2=C1C=CC2.Cc1c(C)c(C)c2c(c1C)Cc1c(C)c(C)c(C)c(C)c1-2. The van der Waals surface area contributed by atoms with Crippen molar-refractivity contribution in [1.29, 1.82) is 0 Å². The summed E-state index contributed by atoms with van der Waals surface area (Å²) in [6, 6.07) is 0. The molecule has 0 fully saturated rings. The predicted molar refractivity (Wildman–Crippen MR) is 146 cm³/mol. The molecule has 0 aromatic heterocycles. The summed E-state index contributed by atoms with van der Waals surface area (Å²) in [5.41, 5.74) is 21.9. The molecule has 176 valence electrons. The first-order chi connectivity index (χ1) is 15.4. The van der Waals surface area contributed by atoms with Crippen LogP contribution in [0.4, 0.5) is 0 Å². The average Bonchev–Trinajstić information content (AvgIpc) is 3.47. The van der Waals surface area contributed by atoms with E-state index in [-0.39, 0.29) is 0 Å². The van der Waals surface area contributed by atoms with Gasteiger partial charge in [0, 0.05) is 0 Å². The van der Waals surface area contributed by atoms with Gasteiger partial charge in [-0.1, -0.05) is 38.5 Å². The maximum absolute atomic E-state index is 2.36. The van der Waals surface area contributed by atoms with E-state index in [9.17, 15) is 0 Å². The highest BCUT2D eigenvalue weighted by molar-refractivity contribution is 5.86. The molecule has 0 radical (unpaired) electrons. The highest BCUT2D eigenvalue weighted by Gasteiger charge is 2.34. The second-order valence-corrected chi connectivity index (χ2v) is 12.0. The summed E-state index contributed by atoms with van der Waals surface area (Å²) >= 11 is 0. The first-order valence-electron chi connectivity index (χ1n) is 12.9. The third kappa shape index (κ3) is 3.74. The van der Waals surface area contributed by atoms with Crippen molar-refractivity contribution in [3.63, 3.8) is 0 Å². The van der Waals surface area contributed by atoms with Gasteiger partial charge in [0.1, 0.15) is 0 Å². The second-order valence-electron chi connectivity index (χ2n) is 12.0. The average molecular weight is 441 g/mol. The van der Waals surface area contributed by atoms with E-state index >= 15 is 0 Å². The molecule has 33 heavy (non-hydrogen) atoms. The number of fused-ring (bicyclic) bond motifs is 3. The van der Waals surface area contributed by atoms with Gasteiger partial charge >= 0.3 is 0 Å². The zero-order valence-electron chi connectivity index (χ0n) is 23.1. The van der Waals surface area contributed by atoms with Gasteiger partial charge in [0.25, 0.3) is 0 Å². The quantitative estimate of drug-likeness (QED) is 0.326. The molecule has 0 amide bonds. The lowest BCUT2D eigenvalue weighted by molar-refractivity contribution is 0.281. The molecule has 2 aromatic rings. The molecule has 0 heterocycles. The molecule has 3 aliphatic rings. The molecule has 1 unspecified atom stereocenters. The van der Waals surface area contributed by atoms with E-state index < -0.39 is 0 Å². The van der Waals surface area contributed by atoms with Crippen molar-refractivity contribution in [2.24, 2.45) is 11.3 Å². The molecule has 5 rings (SSSR count). The summed E-state index contributed by atoms with van der Waals surface area (Å²) in [6.45, 7) is 25.4. The lowest BCUT2D eigenvalue weighted by Crippen LogP contribution is -2.19. The first-order valence-corrected chi connectivity index (χ1v) is 12.9. The Kier molecular flexibility index (Phi) is 6.05. The van der Waals surface area contributed by atoms with E-state index in [0.29, 0.717) is 5.41 Å². The van der Waals surface area contributed by atoms with E-state index in [2.05, 4.69) is 88.3 Å². The van der Waals surface area contributed by atoms with Gasteiger partial charge in [-0.2, -0.15) is 0 Å². The molecule has 0 spiro atoms. The molecular weight excluding hydrogens is 396 g/mol. The van der Waals surface area contributed by atoms with Gasteiger partial charge in [0.2, 0.25) is 0 Å². The van der Waals surface area contributed by atoms with Crippen LogP contribution in [0.25, 0.3) is 11.1 Å². The van der Waals surface area contributed by atoms with Crippen molar-refractivity contribution in [3.05, 3.63) is 78.9 Å². The molecule has 0 bridgehead atoms. The number of benzene rings is 2. The van der Waals surface area contributed by atoms with Crippen LogP contribution in [0, 0.1) is 66.7 Å². The highest BCUT2D eigenvalue weighted by Crippen LogP contribution is 2.48. The monoisotopic (exact) mass is 440 g/mol. The summed E-state index contributed by atoms with van der Waals surface area (Å²) in [5, 5.41) is 0. The van der Waals surface area contributed by atoms with Gasteiger partial charge in [-0.3, -0.25) is 0 Å². The molecule has 3 aliphatic carbocycles. The van der Waals surface area contributed by atoms with Gasteiger partial charge in [-0.15, -0.1) is 0 Å². The Morgan fingerprint density at radius 2 is 1.09 bits per heavy atom. The van der Waals surface area contributed by atoms with Crippen LogP contribution >= 0.6 is 0 Å². The first kappa shape index (κ1) is 24.1. The number of hydrogen-bond acceptors (Lipinski definition) is 0. The lowest BCUT2D eigenvalue weighted by Gasteiger charge is -2.28. The van der Waals surface area contributed by atoms with Gasteiger partial charge in [0.05, 0.1) is 0 Å². The third-order valence-corrected chi connectivity index (χ3v) is 9.46. The molecule has 0 heteroatoms. The smallest absolute Gasteiger partial charge is 0.000778 e. The van der Waals surface area contributed by atoms with Gasteiger partial charge in [0.15, 0.2) is 0 Å². The van der Waals surface area contributed by atoms with Gasteiger partial charge in [-0.05, 0) is 165 Å². The van der Waals surface area contributed by atoms with Crippen LogP contribution in [0.3, 0.4) is 0 Å². The van der Waals surface area contributed by atoms with Gasteiger partial charge < -0.3 is 0 Å². The van der Waals surface area contributed by atoms with Crippen LogP contribution in [-0.4, -0.2) is 0 Å². The molecule has 1 atom stereocenters. The van der Waals surface area contributed by atoms with E-state index in [0.717, 1.165) is 12.3 Å². The van der Waals surface area contributed by atoms with E-state index in [1.54, 1.807) is 22.3 Å². The Labute approximate surface area is 203 Å². The summed E-state index contributed by atoms with van der Waals surface area (Å²) < 4.78 is 0. The Hall–Kier alpha value is -2.08. The lowest BCUT2D eigenvalue weighted by atomic mass is 9.77. The Morgan fingerprint density at radius 3 is 1.55 bits per heavy atom. The van der Waals surface area contributed by atoms with Gasteiger partial charge in [-0.25, -0.2) is 0 Å². The van der Waals surface area contributed by atoms with Crippen LogP contribution in [0.2, 0.25) is 0 Å². The Balaban J connectivity index is 0.000000183. The Morgan fingerprint density at radius 1 is 0.636 bits per heavy atom. The minimum absolute atomic E-state index is 0.464. The van der Waals surface area contributed by atoms with Crippen molar-refractivity contribution in [2.75, 3.05) is 0 Å². The zero-order valence-corrected chi connectivity index (χ0v) is 23.1. The van der Waals surface area contributed by atoms with Crippen molar-refractivity contribution in [3.8, 4) is 11.1 Å². The minimum Gasteiger partial charge on any atom is -0.0802 e. The maximum Gasteiger partial charge on any atom is -0.000778 e. The maximum atomic E-state index is 2.36. The molecule has 0 N–H and O–H groups in total. The minimum atomic E-state index is 0.464. The summed E-state index contributed by atoms with van der Waals surface area (Å²) in [4.78, 5) is 0. The van der Waals surface area contributed by atoms with Crippen molar-refractivity contribution in [1.82, 2.24) is 0 Å². The fourth-order valence-electron chi connectivity index (χ4n) is 6.62. The van der Waals surface area contributed by atoms with Crippen LogP contribution in [0.5, 0.6) is 0 Å². The fraction of sp³-hybridized carbons (Fsp3) is 0.515. The van der Waals surface area contributed by atoms with Crippen LogP contribution in [-0.2, 0) is 6.42 Å². The molecule has 0 aliphatic heterocycles. The Bertz CT molecular complexity index is 1140. The molecule has 0 saturated carbocycles. The second kappa shape index (κ2) is 8.30. The van der Waals surface area contributed by atoms with Crippen LogP contribution in [0.15, 0.2) is 23.3 Å². The van der Waals surface area contributed by atoms with E-state index in [1.165, 1.54) is 74.9 Å².